The number of carbonyl (C=O) groups excluding carboxylic acids is 2. The summed E-state index contributed by atoms with van der Waals surface area (Å²) in [5.74, 6) is -2.11. The minimum Gasteiger partial charge on any atom is -0.484 e. The highest BCUT2D eigenvalue weighted by Crippen LogP contribution is 2.44. The number of rotatable bonds is 8. The standard InChI is InChI=1S/C27H20ClF4N5O4S/c1-3-37-12(2)16(10-34-37)15-9-20(27(30,31)32)35-26-21(15)22(23(42-26)24(33)38)36-25(39)19-7-5-14(41-19)11-40-18-6-4-13(29)8-17(18)28/h4-10H,3,11H2,1-2H3,(H2,33,38)(H,36,39). The zero-order chi connectivity index (χ0) is 30.3. The largest absolute Gasteiger partial charge is 0.484 e. The molecule has 0 radical (unpaired) electrons. The predicted octanol–water partition coefficient (Wildman–Crippen LogP) is 6.82. The van der Waals surface area contributed by atoms with Crippen LogP contribution in [-0.4, -0.2) is 26.6 Å². The second-order valence-corrected chi connectivity index (χ2v) is 10.4. The summed E-state index contributed by atoms with van der Waals surface area (Å²) in [5, 5.41) is 6.93. The molecule has 3 N–H and O–H groups in total. The molecule has 0 atom stereocenters. The Morgan fingerprint density at radius 3 is 2.60 bits per heavy atom. The number of primary amides is 1. The summed E-state index contributed by atoms with van der Waals surface area (Å²) in [6, 6.07) is 7.23. The third-order valence-corrected chi connectivity index (χ3v) is 7.65. The van der Waals surface area contributed by atoms with E-state index in [0.717, 1.165) is 12.1 Å². The van der Waals surface area contributed by atoms with Crippen molar-refractivity contribution in [3.63, 3.8) is 0 Å². The average Bonchev–Trinajstić information content (AvgIpc) is 3.64. The molecule has 0 saturated heterocycles. The molecule has 218 valence electrons. The number of anilines is 1. The number of thiophene rings is 1. The fourth-order valence-corrected chi connectivity index (χ4v) is 5.50. The molecule has 0 aliphatic heterocycles. The monoisotopic (exact) mass is 621 g/mol. The molecule has 1 aromatic carbocycles. The molecule has 9 nitrogen and oxygen atoms in total. The molecule has 4 heterocycles. The lowest BCUT2D eigenvalue weighted by atomic mass is 10.0. The molecule has 0 bridgehead atoms. The molecule has 0 unspecified atom stereocenters. The van der Waals surface area contributed by atoms with Crippen molar-refractivity contribution in [2.45, 2.75) is 33.2 Å². The van der Waals surface area contributed by atoms with Crippen LogP contribution in [0.4, 0.5) is 23.2 Å². The maximum atomic E-state index is 13.8. The van der Waals surface area contributed by atoms with Crippen molar-refractivity contribution >= 4 is 50.7 Å². The molecule has 0 saturated carbocycles. The summed E-state index contributed by atoms with van der Waals surface area (Å²) in [4.78, 5) is 29.0. The van der Waals surface area contributed by atoms with E-state index in [1.54, 1.807) is 11.6 Å². The van der Waals surface area contributed by atoms with Gasteiger partial charge in [0.15, 0.2) is 5.76 Å². The topological polar surface area (TPSA) is 125 Å². The first-order valence-corrected chi connectivity index (χ1v) is 13.4. The summed E-state index contributed by atoms with van der Waals surface area (Å²) in [6.07, 6.45) is -3.38. The van der Waals surface area contributed by atoms with E-state index >= 15 is 0 Å². The lowest BCUT2D eigenvalue weighted by molar-refractivity contribution is -0.140. The Balaban J connectivity index is 1.53. The third-order valence-electron chi connectivity index (χ3n) is 6.26. The number of amides is 2. The van der Waals surface area contributed by atoms with Crippen LogP contribution in [0.3, 0.4) is 0 Å². The molecule has 0 aliphatic carbocycles. The van der Waals surface area contributed by atoms with E-state index in [1.807, 2.05) is 6.92 Å². The molecular weight excluding hydrogens is 602 g/mol. The van der Waals surface area contributed by atoms with Gasteiger partial charge in [0.2, 0.25) is 0 Å². The van der Waals surface area contributed by atoms with Gasteiger partial charge in [-0.05, 0) is 55.8 Å². The molecule has 42 heavy (non-hydrogen) atoms. The van der Waals surface area contributed by atoms with Crippen LogP contribution in [0.2, 0.25) is 5.02 Å². The second kappa shape index (κ2) is 11.1. The van der Waals surface area contributed by atoms with Crippen molar-refractivity contribution in [2.24, 2.45) is 5.73 Å². The number of nitrogens with zero attached hydrogens (tertiary/aromatic N) is 3. The van der Waals surface area contributed by atoms with Crippen molar-refractivity contribution in [3.8, 4) is 16.9 Å². The van der Waals surface area contributed by atoms with Gasteiger partial charge in [-0.25, -0.2) is 9.37 Å². The molecular formula is C27H20ClF4N5O4S. The van der Waals surface area contributed by atoms with Crippen molar-refractivity contribution in [1.29, 1.82) is 0 Å². The Kier molecular flexibility index (Phi) is 7.68. The number of alkyl halides is 3. The lowest BCUT2D eigenvalue weighted by Crippen LogP contribution is -2.16. The van der Waals surface area contributed by atoms with Gasteiger partial charge in [-0.2, -0.15) is 18.3 Å². The second-order valence-electron chi connectivity index (χ2n) is 8.95. The first kappa shape index (κ1) is 29.1. The summed E-state index contributed by atoms with van der Waals surface area (Å²) in [5.41, 5.74) is 5.26. The maximum absolute atomic E-state index is 13.8. The molecule has 5 aromatic rings. The Bertz CT molecular complexity index is 1850. The SMILES string of the molecule is CCn1ncc(-c2cc(C(F)(F)F)nc3sc(C(N)=O)c(NC(=O)c4ccc(COc5ccc(F)cc5Cl)o4)c23)c1C. The molecule has 2 amide bonds. The Labute approximate surface area is 243 Å². The van der Waals surface area contributed by atoms with Crippen LogP contribution in [0.15, 0.2) is 47.0 Å². The first-order valence-electron chi connectivity index (χ1n) is 12.2. The number of nitrogens with one attached hydrogen (secondary N) is 1. The van der Waals surface area contributed by atoms with Crippen molar-refractivity contribution in [3.05, 3.63) is 81.2 Å². The highest BCUT2D eigenvalue weighted by molar-refractivity contribution is 7.21. The first-order chi connectivity index (χ1) is 19.9. The van der Waals surface area contributed by atoms with Crippen LogP contribution >= 0.6 is 22.9 Å². The average molecular weight is 622 g/mol. The Hall–Kier alpha value is -4.43. The fourth-order valence-electron chi connectivity index (χ4n) is 4.27. The molecule has 15 heteroatoms. The number of aromatic nitrogens is 3. The number of hydrogen-bond acceptors (Lipinski definition) is 7. The van der Waals surface area contributed by atoms with Crippen LogP contribution in [0, 0.1) is 12.7 Å². The van der Waals surface area contributed by atoms with Gasteiger partial charge < -0.3 is 20.2 Å². The van der Waals surface area contributed by atoms with Crippen molar-refractivity contribution in [1.82, 2.24) is 14.8 Å². The zero-order valence-electron chi connectivity index (χ0n) is 21.8. The highest BCUT2D eigenvalue weighted by atomic mass is 35.5. The van der Waals surface area contributed by atoms with E-state index in [4.69, 9.17) is 26.5 Å². The van der Waals surface area contributed by atoms with Crippen LogP contribution in [0.25, 0.3) is 21.3 Å². The number of furan rings is 1. The number of pyridine rings is 1. The molecule has 0 fully saturated rings. The maximum Gasteiger partial charge on any atom is 0.433 e. The van der Waals surface area contributed by atoms with Gasteiger partial charge in [0.05, 0.1) is 16.9 Å². The fraction of sp³-hybridized carbons (Fsp3) is 0.185. The highest BCUT2D eigenvalue weighted by Gasteiger charge is 2.35. The summed E-state index contributed by atoms with van der Waals surface area (Å²) in [7, 11) is 0. The smallest absolute Gasteiger partial charge is 0.433 e. The van der Waals surface area contributed by atoms with Gasteiger partial charge in [-0.15, -0.1) is 11.3 Å². The van der Waals surface area contributed by atoms with Crippen LogP contribution in [0.5, 0.6) is 5.75 Å². The van der Waals surface area contributed by atoms with E-state index in [2.05, 4.69) is 15.4 Å². The number of nitrogens with two attached hydrogens (primary N) is 1. The molecule has 0 aliphatic rings. The van der Waals surface area contributed by atoms with Gasteiger partial charge in [0.25, 0.3) is 11.8 Å². The lowest BCUT2D eigenvalue weighted by Gasteiger charge is -2.12. The Morgan fingerprint density at radius 1 is 1.19 bits per heavy atom. The Morgan fingerprint density at radius 2 is 1.95 bits per heavy atom. The van der Waals surface area contributed by atoms with E-state index in [9.17, 15) is 27.2 Å². The van der Waals surface area contributed by atoms with Crippen LogP contribution in [0.1, 0.15) is 44.3 Å². The minimum atomic E-state index is -4.79. The molecule has 0 spiro atoms. The number of benzene rings is 1. The summed E-state index contributed by atoms with van der Waals surface area (Å²) in [6.45, 7) is 3.83. The number of hydrogen-bond donors (Lipinski definition) is 2. The van der Waals surface area contributed by atoms with E-state index in [-0.39, 0.29) is 55.2 Å². The summed E-state index contributed by atoms with van der Waals surface area (Å²) < 4.78 is 67.4. The van der Waals surface area contributed by atoms with Crippen LogP contribution < -0.4 is 15.8 Å². The quantitative estimate of drug-likeness (QED) is 0.183. The van der Waals surface area contributed by atoms with Crippen LogP contribution in [-0.2, 0) is 19.3 Å². The number of aryl methyl sites for hydroxylation is 1. The third kappa shape index (κ3) is 5.54. The normalized spacial score (nSPS) is 11.7. The van der Waals surface area contributed by atoms with Gasteiger partial charge in [-0.3, -0.25) is 14.3 Å². The number of halogens is 5. The van der Waals surface area contributed by atoms with Gasteiger partial charge in [0, 0.05) is 23.2 Å². The van der Waals surface area contributed by atoms with Gasteiger partial charge in [-0.1, -0.05) is 11.6 Å². The minimum absolute atomic E-state index is 0.0423. The van der Waals surface area contributed by atoms with Gasteiger partial charge in [0.1, 0.15) is 39.3 Å². The van der Waals surface area contributed by atoms with Crippen molar-refractivity contribution < 1.29 is 36.3 Å². The number of ether oxygens (including phenoxy) is 1. The zero-order valence-corrected chi connectivity index (χ0v) is 23.4. The van der Waals surface area contributed by atoms with E-state index < -0.39 is 29.5 Å². The van der Waals surface area contributed by atoms with E-state index in [0.29, 0.717) is 29.1 Å². The van der Waals surface area contributed by atoms with E-state index in [1.165, 1.54) is 30.5 Å². The van der Waals surface area contributed by atoms with Crippen molar-refractivity contribution in [2.75, 3.05) is 5.32 Å². The predicted molar refractivity (Wildman–Crippen MR) is 147 cm³/mol. The summed E-state index contributed by atoms with van der Waals surface area (Å²) >= 11 is 6.58. The number of fused-ring (bicyclic) bond motifs is 1. The molecule has 5 rings (SSSR count). The van der Waals surface area contributed by atoms with Gasteiger partial charge >= 0.3 is 6.18 Å². The molecule has 4 aromatic heterocycles. The number of carbonyl (C=O) groups is 2.